The standard InChI is InChI=1S/BH3O3.2K/c2-1(3)4;;/h2-4H;;. The number of rotatable bonds is 0. The molecule has 0 atom stereocenters. The van der Waals surface area contributed by atoms with Crippen molar-refractivity contribution < 1.29 is 15.1 Å². The zero-order valence-corrected chi connectivity index (χ0v) is 10.2. The summed E-state index contributed by atoms with van der Waals surface area (Å²) in [6, 6.07) is 0. The van der Waals surface area contributed by atoms with Crippen LogP contribution < -0.4 is 0 Å². The molecule has 0 aliphatic rings. The van der Waals surface area contributed by atoms with Gasteiger partial charge in [0.05, 0.1) is 0 Å². The van der Waals surface area contributed by atoms with Gasteiger partial charge in [-0.05, 0) is 0 Å². The molecule has 6 heteroatoms. The maximum absolute atomic E-state index is 7.17. The molecule has 0 aromatic carbocycles. The van der Waals surface area contributed by atoms with Gasteiger partial charge in [-0.1, -0.05) is 0 Å². The molecule has 0 amide bonds. The van der Waals surface area contributed by atoms with E-state index in [1.54, 1.807) is 0 Å². The first-order chi connectivity index (χ1) is 1.73. The van der Waals surface area contributed by atoms with Crippen LogP contribution in [0.4, 0.5) is 0 Å². The topological polar surface area (TPSA) is 60.7 Å². The minimum absolute atomic E-state index is 0. The van der Waals surface area contributed by atoms with Crippen molar-refractivity contribution in [2.24, 2.45) is 0 Å². The van der Waals surface area contributed by atoms with Gasteiger partial charge in [-0.25, -0.2) is 0 Å². The maximum Gasteiger partial charge on any atom is 0.631 e. The fraction of sp³-hybridized carbons (Fsp3) is 0. The van der Waals surface area contributed by atoms with Gasteiger partial charge in [-0.15, -0.1) is 0 Å². The monoisotopic (exact) mass is 140 g/mol. The number of hydrogen-bond donors (Lipinski definition) is 3. The van der Waals surface area contributed by atoms with Crippen LogP contribution in [0, 0.1) is 0 Å². The Morgan fingerprint density at radius 2 is 0.833 bits per heavy atom. The Kier molecular flexibility index (Phi) is 29.7. The Morgan fingerprint density at radius 3 is 0.833 bits per heavy atom. The first kappa shape index (κ1) is 16.1. The summed E-state index contributed by atoms with van der Waals surface area (Å²) in [6.07, 6.45) is 0. The van der Waals surface area contributed by atoms with Crippen molar-refractivity contribution in [3.63, 3.8) is 0 Å². The van der Waals surface area contributed by atoms with Crippen LogP contribution in [0.25, 0.3) is 0 Å². The molecule has 0 aromatic heterocycles. The SMILES string of the molecule is OB(O)O.[K].[K]. The van der Waals surface area contributed by atoms with E-state index in [4.69, 9.17) is 15.1 Å². The molecular formula is H3BK2O3. The predicted molar refractivity (Wildman–Crippen MR) is 23.9 cm³/mol. The third-order valence-electron chi connectivity index (χ3n) is 0. The molecule has 0 aromatic rings. The van der Waals surface area contributed by atoms with E-state index in [2.05, 4.69) is 0 Å². The van der Waals surface area contributed by atoms with Crippen LogP contribution in [0.1, 0.15) is 0 Å². The molecule has 3 N–H and O–H groups in total. The molecule has 0 saturated heterocycles. The van der Waals surface area contributed by atoms with E-state index in [0.717, 1.165) is 0 Å². The minimum Gasteiger partial charge on any atom is -0.402 e. The summed E-state index contributed by atoms with van der Waals surface area (Å²) in [6.45, 7) is 0. The van der Waals surface area contributed by atoms with Crippen LogP contribution in [0.5, 0.6) is 0 Å². The molecule has 0 unspecified atom stereocenters. The van der Waals surface area contributed by atoms with Gasteiger partial charge in [0.1, 0.15) is 0 Å². The van der Waals surface area contributed by atoms with E-state index in [-0.39, 0.29) is 103 Å². The second-order valence-electron chi connectivity index (χ2n) is 0.346. The van der Waals surface area contributed by atoms with Gasteiger partial charge in [-0.2, -0.15) is 0 Å². The van der Waals surface area contributed by atoms with E-state index in [0.29, 0.717) is 0 Å². The second-order valence-corrected chi connectivity index (χ2v) is 0.346. The molecule has 3 nitrogen and oxygen atoms in total. The van der Waals surface area contributed by atoms with E-state index in [1.807, 2.05) is 0 Å². The van der Waals surface area contributed by atoms with Crippen molar-refractivity contribution in [3.05, 3.63) is 0 Å². The van der Waals surface area contributed by atoms with Gasteiger partial charge < -0.3 is 15.1 Å². The molecule has 0 rings (SSSR count). The molecule has 0 spiro atoms. The Hall–Kier alpha value is 3.22. The van der Waals surface area contributed by atoms with Crippen LogP contribution >= 0.6 is 0 Å². The first-order valence-corrected chi connectivity index (χ1v) is 0.775. The van der Waals surface area contributed by atoms with Crippen molar-refractivity contribution in [2.75, 3.05) is 0 Å². The molecule has 0 fully saturated rings. The van der Waals surface area contributed by atoms with Crippen molar-refractivity contribution >= 4 is 110 Å². The summed E-state index contributed by atoms with van der Waals surface area (Å²) in [5.41, 5.74) is 0. The molecule has 0 aliphatic carbocycles. The maximum atomic E-state index is 7.17. The normalized spacial score (nSPS) is 4.50. The molecular weight excluding hydrogens is 137 g/mol. The summed E-state index contributed by atoms with van der Waals surface area (Å²) < 4.78 is 0. The largest absolute Gasteiger partial charge is 0.631 e. The quantitative estimate of drug-likeness (QED) is 0.318. The Bertz CT molecular complexity index is 13.5. The average Bonchev–Trinajstić information content (AvgIpc) is 0.811. The van der Waals surface area contributed by atoms with Crippen molar-refractivity contribution in [1.82, 2.24) is 0 Å². The van der Waals surface area contributed by atoms with Gasteiger partial charge in [0.15, 0.2) is 0 Å². The zero-order chi connectivity index (χ0) is 3.58. The summed E-state index contributed by atoms with van der Waals surface area (Å²) in [7, 11) is -2.17. The van der Waals surface area contributed by atoms with Crippen LogP contribution in [-0.2, 0) is 0 Å². The van der Waals surface area contributed by atoms with Gasteiger partial charge in [0.25, 0.3) is 0 Å². The Morgan fingerprint density at radius 1 is 0.833 bits per heavy atom. The van der Waals surface area contributed by atoms with Crippen molar-refractivity contribution in [2.45, 2.75) is 0 Å². The van der Waals surface area contributed by atoms with Gasteiger partial charge in [-0.3, -0.25) is 0 Å². The van der Waals surface area contributed by atoms with Crippen molar-refractivity contribution in [3.8, 4) is 0 Å². The molecule has 26 valence electrons. The first-order valence-electron chi connectivity index (χ1n) is 0.775. The van der Waals surface area contributed by atoms with E-state index in [9.17, 15) is 0 Å². The van der Waals surface area contributed by atoms with Gasteiger partial charge in [0, 0.05) is 103 Å². The van der Waals surface area contributed by atoms with E-state index < -0.39 is 7.32 Å². The zero-order valence-electron chi connectivity index (χ0n) is 3.92. The summed E-state index contributed by atoms with van der Waals surface area (Å²) >= 11 is 0. The smallest absolute Gasteiger partial charge is 0.402 e. The Labute approximate surface area is 122 Å². The predicted octanol–water partition coefficient (Wildman–Crippen LogP) is -2.81. The molecule has 0 saturated carbocycles. The fourth-order valence-electron chi connectivity index (χ4n) is 0. The van der Waals surface area contributed by atoms with Crippen LogP contribution in [0.3, 0.4) is 0 Å². The minimum atomic E-state index is -2.17. The third-order valence-corrected chi connectivity index (χ3v) is 0. The van der Waals surface area contributed by atoms with E-state index in [1.165, 1.54) is 0 Å². The molecule has 0 heterocycles. The molecule has 2 radical (unpaired) electrons. The van der Waals surface area contributed by atoms with Crippen molar-refractivity contribution in [1.29, 1.82) is 0 Å². The molecule has 0 bridgehead atoms. The fourth-order valence-corrected chi connectivity index (χ4v) is 0. The summed E-state index contributed by atoms with van der Waals surface area (Å²) in [5, 5.41) is 21.5. The summed E-state index contributed by atoms with van der Waals surface area (Å²) in [5.74, 6) is 0. The Balaban J connectivity index is -0.0000000450. The molecule has 6 heavy (non-hydrogen) atoms. The molecule has 0 aliphatic heterocycles. The third kappa shape index (κ3) is 27.0. The second kappa shape index (κ2) is 11.1. The van der Waals surface area contributed by atoms with E-state index >= 15 is 0 Å². The van der Waals surface area contributed by atoms with Crippen LogP contribution in [-0.4, -0.2) is 125 Å². The van der Waals surface area contributed by atoms with Crippen LogP contribution in [0.15, 0.2) is 0 Å². The number of hydrogen-bond acceptors (Lipinski definition) is 3. The van der Waals surface area contributed by atoms with Gasteiger partial charge >= 0.3 is 7.32 Å². The summed E-state index contributed by atoms with van der Waals surface area (Å²) in [4.78, 5) is 0. The van der Waals surface area contributed by atoms with Crippen LogP contribution in [0.2, 0.25) is 0 Å². The van der Waals surface area contributed by atoms with Gasteiger partial charge in [0.2, 0.25) is 0 Å². The average molecular weight is 140 g/mol.